The van der Waals surface area contributed by atoms with Crippen LogP contribution in [0.3, 0.4) is 0 Å². The zero-order valence-electron chi connectivity index (χ0n) is 8.93. The van der Waals surface area contributed by atoms with Gasteiger partial charge in [0.15, 0.2) is 0 Å². The van der Waals surface area contributed by atoms with E-state index in [9.17, 15) is 0 Å². The van der Waals surface area contributed by atoms with Crippen molar-refractivity contribution in [1.82, 2.24) is 0 Å². The van der Waals surface area contributed by atoms with Crippen molar-refractivity contribution in [3.8, 4) is 0 Å². The van der Waals surface area contributed by atoms with Gasteiger partial charge in [0, 0.05) is 47.5 Å². The van der Waals surface area contributed by atoms with Crippen molar-refractivity contribution in [2.75, 3.05) is 26.4 Å². The summed E-state index contributed by atoms with van der Waals surface area (Å²) in [5.41, 5.74) is 0. The number of hydrogen-bond donors (Lipinski definition) is 4. The van der Waals surface area contributed by atoms with E-state index < -0.39 is 0 Å². The molecule has 0 fully saturated rings. The summed E-state index contributed by atoms with van der Waals surface area (Å²) in [6.07, 6.45) is 0. The molecule has 0 unspecified atom stereocenters. The van der Waals surface area contributed by atoms with E-state index in [1.165, 1.54) is 0 Å². The Hall–Kier alpha value is 0.528. The molecule has 90 valence electrons. The molecule has 0 aliphatic carbocycles. The average molecular weight is 379 g/mol. The van der Waals surface area contributed by atoms with Gasteiger partial charge in [-0.2, -0.15) is 0 Å². The fourth-order valence-corrected chi connectivity index (χ4v) is 0. The molecule has 0 saturated heterocycles. The second-order valence-corrected chi connectivity index (χ2v) is 1.26. The number of aliphatic hydroxyl groups excluding tert-OH is 4. The smallest absolute Gasteiger partial charge is 0.0402 e. The normalized spacial score (nSPS) is 5.54. The van der Waals surface area contributed by atoms with Gasteiger partial charge in [-0.3, -0.25) is 0 Å². The molecule has 0 aliphatic heterocycles. The summed E-state index contributed by atoms with van der Waals surface area (Å²) in [6, 6.07) is 0. The third kappa shape index (κ3) is 4980. The van der Waals surface area contributed by atoms with E-state index in [1.807, 2.05) is 0 Å². The first-order chi connectivity index (χ1) is 5.66. The van der Waals surface area contributed by atoms with Crippen molar-refractivity contribution < 1.29 is 41.5 Å². The molecule has 0 saturated carbocycles. The molecule has 0 spiro atoms. The van der Waals surface area contributed by atoms with Crippen molar-refractivity contribution in [2.24, 2.45) is 0 Å². The SMILES string of the molecule is CCO.CCO.CCO.CCO.[Pt]. The van der Waals surface area contributed by atoms with Crippen LogP contribution in [0.15, 0.2) is 0 Å². The molecular weight excluding hydrogens is 355 g/mol. The van der Waals surface area contributed by atoms with Crippen molar-refractivity contribution in [3.63, 3.8) is 0 Å². The quantitative estimate of drug-likeness (QED) is 0.478. The van der Waals surface area contributed by atoms with Gasteiger partial charge >= 0.3 is 0 Å². The Morgan fingerprint density at radius 2 is 0.538 bits per heavy atom. The van der Waals surface area contributed by atoms with Crippen LogP contribution in [0.2, 0.25) is 0 Å². The topological polar surface area (TPSA) is 80.9 Å². The minimum atomic E-state index is 0. The van der Waals surface area contributed by atoms with Crippen LogP contribution in [-0.2, 0) is 21.1 Å². The van der Waals surface area contributed by atoms with E-state index in [2.05, 4.69) is 0 Å². The molecule has 5 heteroatoms. The molecule has 0 bridgehead atoms. The predicted molar refractivity (Wildman–Crippen MR) is 51.0 cm³/mol. The average Bonchev–Trinajstić information content (AvgIpc) is 1.92. The fraction of sp³-hybridized carbons (Fsp3) is 1.00. The van der Waals surface area contributed by atoms with Gasteiger partial charge in [-0.15, -0.1) is 0 Å². The molecule has 4 N–H and O–H groups in total. The van der Waals surface area contributed by atoms with Crippen LogP contribution in [0.25, 0.3) is 0 Å². The van der Waals surface area contributed by atoms with Gasteiger partial charge in [0.25, 0.3) is 0 Å². The number of aliphatic hydroxyl groups is 4. The number of hydrogen-bond acceptors (Lipinski definition) is 4. The Kier molecular flexibility index (Phi) is 182. The molecule has 0 aromatic carbocycles. The van der Waals surface area contributed by atoms with E-state index in [0.717, 1.165) is 0 Å². The van der Waals surface area contributed by atoms with Crippen LogP contribution < -0.4 is 0 Å². The molecular formula is C8H24O4Pt. The first-order valence-corrected chi connectivity index (χ1v) is 4.09. The Labute approximate surface area is 95.9 Å². The maximum Gasteiger partial charge on any atom is 0.0402 e. The van der Waals surface area contributed by atoms with Gasteiger partial charge in [-0.05, 0) is 27.7 Å². The monoisotopic (exact) mass is 379 g/mol. The second-order valence-electron chi connectivity index (χ2n) is 1.26. The van der Waals surface area contributed by atoms with Crippen molar-refractivity contribution >= 4 is 0 Å². The second kappa shape index (κ2) is 81.2. The Bertz CT molecular complexity index is 24.1. The van der Waals surface area contributed by atoms with E-state index in [1.54, 1.807) is 27.7 Å². The van der Waals surface area contributed by atoms with Crippen LogP contribution >= 0.6 is 0 Å². The molecule has 4 nitrogen and oxygen atoms in total. The summed E-state index contributed by atoms with van der Waals surface area (Å²) in [5.74, 6) is 0. The van der Waals surface area contributed by atoms with Gasteiger partial charge < -0.3 is 20.4 Å². The summed E-state index contributed by atoms with van der Waals surface area (Å²) in [4.78, 5) is 0. The summed E-state index contributed by atoms with van der Waals surface area (Å²) < 4.78 is 0. The van der Waals surface area contributed by atoms with Crippen LogP contribution in [0.1, 0.15) is 27.7 Å². The molecule has 0 heterocycles. The molecule has 0 atom stereocenters. The predicted octanol–water partition coefficient (Wildman–Crippen LogP) is -0.00810. The standard InChI is InChI=1S/4C2H6O.Pt/c4*1-2-3;/h4*3H,2H2,1H3;. The van der Waals surface area contributed by atoms with E-state index in [4.69, 9.17) is 20.4 Å². The third-order valence-corrected chi connectivity index (χ3v) is 0. The van der Waals surface area contributed by atoms with Gasteiger partial charge in [0.2, 0.25) is 0 Å². The zero-order valence-corrected chi connectivity index (χ0v) is 11.2. The first kappa shape index (κ1) is 29.2. The molecule has 0 aromatic heterocycles. The summed E-state index contributed by atoms with van der Waals surface area (Å²) in [6.45, 7) is 7.72. The molecule has 0 radical (unpaired) electrons. The summed E-state index contributed by atoms with van der Waals surface area (Å²) in [7, 11) is 0. The Morgan fingerprint density at radius 1 is 0.538 bits per heavy atom. The fourth-order valence-electron chi connectivity index (χ4n) is 0. The van der Waals surface area contributed by atoms with Gasteiger partial charge in [-0.1, -0.05) is 0 Å². The number of rotatable bonds is 0. The van der Waals surface area contributed by atoms with Crippen molar-refractivity contribution in [3.05, 3.63) is 0 Å². The minimum absolute atomic E-state index is 0. The van der Waals surface area contributed by atoms with Gasteiger partial charge in [-0.25, -0.2) is 0 Å². The van der Waals surface area contributed by atoms with E-state index in [0.29, 0.717) is 0 Å². The largest absolute Gasteiger partial charge is 0.397 e. The van der Waals surface area contributed by atoms with E-state index >= 15 is 0 Å². The molecule has 0 aromatic rings. The molecule has 0 rings (SSSR count). The minimum Gasteiger partial charge on any atom is -0.397 e. The summed E-state index contributed by atoms with van der Waals surface area (Å²) >= 11 is 0. The maximum atomic E-state index is 7.57. The Balaban J connectivity index is -0.0000000213. The van der Waals surface area contributed by atoms with Gasteiger partial charge in [0.1, 0.15) is 0 Å². The van der Waals surface area contributed by atoms with Crippen LogP contribution in [0.4, 0.5) is 0 Å². The summed E-state index contributed by atoms with van der Waals surface area (Å²) in [5, 5.41) is 30.3. The van der Waals surface area contributed by atoms with Crippen LogP contribution in [-0.4, -0.2) is 46.9 Å². The van der Waals surface area contributed by atoms with Gasteiger partial charge in [0.05, 0.1) is 0 Å². The molecule has 13 heavy (non-hydrogen) atoms. The molecule has 0 aliphatic rings. The zero-order chi connectivity index (χ0) is 10.8. The van der Waals surface area contributed by atoms with Crippen LogP contribution in [0, 0.1) is 0 Å². The first-order valence-electron chi connectivity index (χ1n) is 4.09. The molecule has 0 amide bonds. The van der Waals surface area contributed by atoms with Crippen molar-refractivity contribution in [2.45, 2.75) is 27.7 Å². The maximum absolute atomic E-state index is 7.57. The van der Waals surface area contributed by atoms with Crippen molar-refractivity contribution in [1.29, 1.82) is 0 Å². The van der Waals surface area contributed by atoms with Crippen LogP contribution in [0.5, 0.6) is 0 Å². The van der Waals surface area contributed by atoms with E-state index in [-0.39, 0.29) is 47.5 Å². The Morgan fingerprint density at radius 3 is 0.538 bits per heavy atom. The third-order valence-electron chi connectivity index (χ3n) is 0.